The first-order valence-corrected chi connectivity index (χ1v) is 14.8. The Balaban J connectivity index is 3.41. The Labute approximate surface area is 247 Å². The molecule has 0 saturated heterocycles. The predicted molar refractivity (Wildman–Crippen MR) is 164 cm³/mol. The zero-order chi connectivity index (χ0) is 31.4. The summed E-state index contributed by atoms with van der Waals surface area (Å²) >= 11 is 0. The molecule has 0 aromatic heterocycles. The summed E-state index contributed by atoms with van der Waals surface area (Å²) in [6.07, 6.45) is 9.82. The summed E-state index contributed by atoms with van der Waals surface area (Å²) in [5, 5.41) is 32.1. The Morgan fingerprint density at radius 2 is 1.80 bits per heavy atom. The van der Waals surface area contributed by atoms with Gasteiger partial charge in [-0.3, -0.25) is 4.79 Å². The van der Waals surface area contributed by atoms with Gasteiger partial charge < -0.3 is 24.8 Å². The maximum absolute atomic E-state index is 13.2. The summed E-state index contributed by atoms with van der Waals surface area (Å²) in [6.45, 7) is 16.6. The van der Waals surface area contributed by atoms with Crippen molar-refractivity contribution in [3.63, 3.8) is 0 Å². The van der Waals surface area contributed by atoms with E-state index >= 15 is 0 Å². The number of esters is 1. The lowest BCUT2D eigenvalue weighted by molar-refractivity contribution is -0.158. The lowest BCUT2D eigenvalue weighted by atomic mass is 9.84. The van der Waals surface area contributed by atoms with Gasteiger partial charge in [0, 0.05) is 36.4 Å². The molecule has 0 saturated carbocycles. The fourth-order valence-electron chi connectivity index (χ4n) is 5.23. The average Bonchev–Trinajstić information content (AvgIpc) is 2.93. The minimum absolute atomic E-state index is 0.0316. The quantitative estimate of drug-likeness (QED) is 0.246. The molecule has 0 aliphatic carbocycles. The summed E-state index contributed by atoms with van der Waals surface area (Å²) in [6, 6.07) is 0. The van der Waals surface area contributed by atoms with Crippen LogP contribution >= 0.6 is 0 Å². The van der Waals surface area contributed by atoms with Crippen molar-refractivity contribution in [3.05, 3.63) is 59.3 Å². The number of hydrogen-bond acceptors (Lipinski definition) is 7. The number of carbonyl (C=O) groups excluding carboxylic acids is 2. The monoisotopic (exact) mass is 574 g/mol. The van der Waals surface area contributed by atoms with Gasteiger partial charge >= 0.3 is 5.97 Å². The zero-order valence-corrected chi connectivity index (χ0v) is 26.7. The number of carbonyl (C=O) groups is 2. The number of aliphatic hydroxyl groups is 3. The van der Waals surface area contributed by atoms with Gasteiger partial charge in [-0.25, -0.2) is 4.79 Å². The molecule has 7 heteroatoms. The molecule has 0 spiro atoms. The molecule has 7 nitrogen and oxygen atoms in total. The highest BCUT2D eigenvalue weighted by atomic mass is 16.6. The second-order valence-electron chi connectivity index (χ2n) is 12.0. The number of cyclic esters (lactones) is 1. The Bertz CT molecular complexity index is 1000. The Morgan fingerprint density at radius 3 is 2.39 bits per heavy atom. The van der Waals surface area contributed by atoms with Crippen molar-refractivity contribution in [1.29, 1.82) is 0 Å². The van der Waals surface area contributed by atoms with E-state index in [1.54, 1.807) is 39.0 Å². The maximum atomic E-state index is 13.2. The van der Waals surface area contributed by atoms with Crippen LogP contribution in [0.1, 0.15) is 75.2 Å². The first kappa shape index (κ1) is 36.7. The molecule has 10 atom stereocenters. The Morgan fingerprint density at radius 1 is 1.17 bits per heavy atom. The molecular formula is C34H54O7. The number of methoxy groups -OCH3 is 1. The van der Waals surface area contributed by atoms with Crippen molar-refractivity contribution in [2.75, 3.05) is 7.11 Å². The topological polar surface area (TPSA) is 113 Å². The number of allylic oxidation sites excluding steroid dienone is 6. The molecule has 1 aliphatic rings. The van der Waals surface area contributed by atoms with Gasteiger partial charge in [-0.2, -0.15) is 0 Å². The van der Waals surface area contributed by atoms with Crippen molar-refractivity contribution >= 4 is 11.8 Å². The predicted octanol–water partition coefficient (Wildman–Crippen LogP) is 5.51. The lowest BCUT2D eigenvalue weighted by Gasteiger charge is -2.33. The van der Waals surface area contributed by atoms with E-state index in [0.29, 0.717) is 18.4 Å². The van der Waals surface area contributed by atoms with Crippen molar-refractivity contribution < 1.29 is 34.4 Å². The maximum Gasteiger partial charge on any atom is 0.334 e. The van der Waals surface area contributed by atoms with E-state index in [-0.39, 0.29) is 23.5 Å². The number of hydrogen-bond donors (Lipinski definition) is 3. The van der Waals surface area contributed by atoms with Gasteiger partial charge in [0.25, 0.3) is 0 Å². The van der Waals surface area contributed by atoms with Crippen LogP contribution in [-0.2, 0) is 19.1 Å². The molecule has 3 unspecified atom stereocenters. The van der Waals surface area contributed by atoms with Crippen LogP contribution in [0.15, 0.2) is 59.3 Å². The molecule has 1 rings (SSSR count). The smallest absolute Gasteiger partial charge is 0.334 e. The summed E-state index contributed by atoms with van der Waals surface area (Å²) in [5.41, 5.74) is 2.28. The van der Waals surface area contributed by atoms with E-state index in [1.807, 2.05) is 59.8 Å². The van der Waals surface area contributed by atoms with Crippen molar-refractivity contribution in [2.45, 2.75) is 106 Å². The van der Waals surface area contributed by atoms with E-state index in [9.17, 15) is 24.9 Å². The second-order valence-corrected chi connectivity index (χ2v) is 12.0. The molecule has 0 amide bonds. The van der Waals surface area contributed by atoms with Crippen LogP contribution in [0.3, 0.4) is 0 Å². The molecule has 0 aromatic rings. The summed E-state index contributed by atoms with van der Waals surface area (Å²) in [5.74, 6) is -2.52. The van der Waals surface area contributed by atoms with Crippen LogP contribution in [-0.4, -0.2) is 64.7 Å². The van der Waals surface area contributed by atoms with Gasteiger partial charge in [0.15, 0.2) is 5.78 Å². The Hall–Kier alpha value is -2.32. The average molecular weight is 575 g/mol. The minimum atomic E-state index is -1.13. The Kier molecular flexibility index (Phi) is 15.8. The standard InChI is InChI=1S/C34H54O7/c1-11-28(35)22(4)15-16-29(36)26(8)32(38)27(9)33-30(40-10)14-12-13-20(2)17-23(5)31(37)24(6)18-21(3)19-25(7)34(39)41-33/h12-16,18-19,22-24,26-28,30-33,35,37-38H,11,17H2,1-10H3/t22-,23-,24+,26+,27+,28-,30+,31?,32?,33?/m0/s1. The fraction of sp³-hybridized carbons (Fsp3) is 0.647. The van der Waals surface area contributed by atoms with E-state index in [4.69, 9.17) is 9.47 Å². The highest BCUT2D eigenvalue weighted by Crippen LogP contribution is 2.27. The fourth-order valence-corrected chi connectivity index (χ4v) is 5.23. The van der Waals surface area contributed by atoms with Crippen molar-refractivity contribution in [3.8, 4) is 0 Å². The largest absolute Gasteiger partial charge is 0.456 e. The second kappa shape index (κ2) is 17.6. The van der Waals surface area contributed by atoms with E-state index in [2.05, 4.69) is 0 Å². The van der Waals surface area contributed by atoms with Gasteiger partial charge in [-0.1, -0.05) is 83.1 Å². The van der Waals surface area contributed by atoms with E-state index in [1.165, 1.54) is 13.2 Å². The van der Waals surface area contributed by atoms with Crippen LogP contribution in [0.2, 0.25) is 0 Å². The molecular weight excluding hydrogens is 520 g/mol. The zero-order valence-electron chi connectivity index (χ0n) is 26.7. The molecule has 1 aliphatic heterocycles. The molecule has 0 aromatic carbocycles. The first-order chi connectivity index (χ1) is 19.1. The number of ketones is 1. The summed E-state index contributed by atoms with van der Waals surface area (Å²) in [4.78, 5) is 26.2. The third kappa shape index (κ3) is 11.5. The third-order valence-electron chi connectivity index (χ3n) is 8.19. The molecule has 0 bridgehead atoms. The van der Waals surface area contributed by atoms with Crippen LogP contribution in [0.5, 0.6) is 0 Å². The SMILES string of the molecule is CC[C@H](O)[C@@H](C)C=CC(=O)[C@@H](C)C(O)[C@@H](C)C1OC(=O)C(C)=CC(C)=C[C@@H](C)C(O)[C@@H](C)CC(C)=CC=C[C@H]1OC. The van der Waals surface area contributed by atoms with Gasteiger partial charge in [0.2, 0.25) is 0 Å². The molecule has 3 N–H and O–H groups in total. The van der Waals surface area contributed by atoms with Gasteiger partial charge in [0.1, 0.15) is 12.2 Å². The van der Waals surface area contributed by atoms with Crippen LogP contribution in [0, 0.1) is 29.6 Å². The van der Waals surface area contributed by atoms with Crippen LogP contribution < -0.4 is 0 Å². The van der Waals surface area contributed by atoms with Gasteiger partial charge in [-0.05, 0) is 51.7 Å². The lowest BCUT2D eigenvalue weighted by Crippen LogP contribution is -2.45. The first-order valence-electron chi connectivity index (χ1n) is 14.8. The molecule has 41 heavy (non-hydrogen) atoms. The van der Waals surface area contributed by atoms with E-state index < -0.39 is 48.3 Å². The highest BCUT2D eigenvalue weighted by Gasteiger charge is 2.37. The van der Waals surface area contributed by atoms with Crippen LogP contribution in [0.25, 0.3) is 0 Å². The van der Waals surface area contributed by atoms with Crippen molar-refractivity contribution in [2.24, 2.45) is 29.6 Å². The number of ether oxygens (including phenoxy) is 2. The number of rotatable bonds is 9. The number of aliphatic hydroxyl groups excluding tert-OH is 3. The summed E-state index contributed by atoms with van der Waals surface area (Å²) in [7, 11) is 1.51. The molecule has 0 radical (unpaired) electrons. The molecule has 232 valence electrons. The minimum Gasteiger partial charge on any atom is -0.456 e. The van der Waals surface area contributed by atoms with Crippen molar-refractivity contribution in [1.82, 2.24) is 0 Å². The third-order valence-corrected chi connectivity index (χ3v) is 8.19. The van der Waals surface area contributed by atoms with Crippen LogP contribution in [0.4, 0.5) is 0 Å². The van der Waals surface area contributed by atoms with E-state index in [0.717, 1.165) is 11.1 Å². The van der Waals surface area contributed by atoms with Gasteiger partial charge in [-0.15, -0.1) is 0 Å². The molecule has 0 fully saturated rings. The van der Waals surface area contributed by atoms with Gasteiger partial charge in [0.05, 0.1) is 18.3 Å². The summed E-state index contributed by atoms with van der Waals surface area (Å²) < 4.78 is 11.7. The highest BCUT2D eigenvalue weighted by molar-refractivity contribution is 5.92. The molecule has 1 heterocycles. The normalized spacial score (nSPS) is 29.0.